The molecule has 4 rings (SSSR count). The first kappa shape index (κ1) is 21.7. The molecule has 166 valence electrons. The molecule has 32 heavy (non-hydrogen) atoms. The molecular formula is C23H25N5O4. The van der Waals surface area contributed by atoms with Crippen LogP contribution >= 0.6 is 0 Å². The van der Waals surface area contributed by atoms with Gasteiger partial charge in [0.25, 0.3) is 11.6 Å². The van der Waals surface area contributed by atoms with Crippen molar-refractivity contribution >= 4 is 11.6 Å². The average molecular weight is 435 g/mol. The molecule has 0 atom stereocenters. The van der Waals surface area contributed by atoms with Gasteiger partial charge in [-0.15, -0.1) is 0 Å². The smallest absolute Gasteiger partial charge is 0.270 e. The Morgan fingerprint density at radius 2 is 1.81 bits per heavy atom. The fourth-order valence-corrected chi connectivity index (χ4v) is 3.63. The summed E-state index contributed by atoms with van der Waals surface area (Å²) in [5.41, 5.74) is 2.48. The lowest BCUT2D eigenvalue weighted by Crippen LogP contribution is -2.38. The fourth-order valence-electron chi connectivity index (χ4n) is 3.63. The van der Waals surface area contributed by atoms with Crippen LogP contribution in [0.3, 0.4) is 0 Å². The number of nitro benzene ring substituents is 1. The van der Waals surface area contributed by atoms with Gasteiger partial charge in [0, 0.05) is 37.3 Å². The maximum atomic E-state index is 13.0. The van der Waals surface area contributed by atoms with E-state index >= 15 is 0 Å². The van der Waals surface area contributed by atoms with E-state index in [9.17, 15) is 14.9 Å². The average Bonchev–Trinajstić information content (AvgIpc) is 3.29. The summed E-state index contributed by atoms with van der Waals surface area (Å²) in [4.78, 5) is 25.8. The monoisotopic (exact) mass is 435 g/mol. The van der Waals surface area contributed by atoms with E-state index in [1.54, 1.807) is 18.2 Å². The van der Waals surface area contributed by atoms with Gasteiger partial charge in [0.05, 0.1) is 29.5 Å². The molecule has 0 spiro atoms. The molecule has 3 aromatic rings. The molecule has 0 bridgehead atoms. The quantitative estimate of drug-likeness (QED) is 0.332. The highest BCUT2D eigenvalue weighted by molar-refractivity contribution is 5.94. The van der Waals surface area contributed by atoms with Crippen LogP contribution in [-0.2, 0) is 4.74 Å². The van der Waals surface area contributed by atoms with Crippen molar-refractivity contribution in [1.29, 1.82) is 0 Å². The largest absolute Gasteiger partial charge is 0.379 e. The Kier molecular flexibility index (Phi) is 6.88. The van der Waals surface area contributed by atoms with Crippen LogP contribution in [0, 0.1) is 10.1 Å². The van der Waals surface area contributed by atoms with Crippen molar-refractivity contribution in [3.63, 3.8) is 0 Å². The van der Waals surface area contributed by atoms with Crippen molar-refractivity contribution in [2.45, 2.75) is 6.42 Å². The summed E-state index contributed by atoms with van der Waals surface area (Å²) < 4.78 is 6.89. The van der Waals surface area contributed by atoms with Crippen LogP contribution in [0.15, 0.2) is 60.7 Å². The molecule has 2 heterocycles. The van der Waals surface area contributed by atoms with Gasteiger partial charge in [-0.1, -0.05) is 30.3 Å². The Morgan fingerprint density at radius 3 is 2.50 bits per heavy atom. The van der Waals surface area contributed by atoms with Crippen molar-refractivity contribution in [3.05, 3.63) is 76.5 Å². The van der Waals surface area contributed by atoms with Crippen LogP contribution in [0.5, 0.6) is 0 Å². The number of rotatable bonds is 8. The Hall–Kier alpha value is -3.56. The van der Waals surface area contributed by atoms with Crippen molar-refractivity contribution in [1.82, 2.24) is 20.0 Å². The minimum absolute atomic E-state index is 0.0155. The summed E-state index contributed by atoms with van der Waals surface area (Å²) in [6.07, 6.45) is 0.836. The number of nitro groups is 1. The van der Waals surface area contributed by atoms with E-state index in [0.29, 0.717) is 23.6 Å². The van der Waals surface area contributed by atoms with Crippen LogP contribution in [-0.4, -0.2) is 64.9 Å². The van der Waals surface area contributed by atoms with Crippen LogP contribution in [0.25, 0.3) is 16.9 Å². The fraction of sp³-hybridized carbons (Fsp3) is 0.304. The summed E-state index contributed by atoms with van der Waals surface area (Å²) in [6.45, 7) is 4.79. The number of nitrogens with one attached hydrogen (secondary N) is 1. The second-order valence-electron chi connectivity index (χ2n) is 7.53. The predicted octanol–water partition coefficient (Wildman–Crippen LogP) is 2.90. The Morgan fingerprint density at radius 1 is 1.09 bits per heavy atom. The first-order chi connectivity index (χ1) is 15.6. The summed E-state index contributed by atoms with van der Waals surface area (Å²) in [6, 6.07) is 17.3. The molecule has 9 heteroatoms. The van der Waals surface area contributed by atoms with Crippen molar-refractivity contribution in [3.8, 4) is 16.9 Å². The van der Waals surface area contributed by atoms with E-state index in [4.69, 9.17) is 4.74 Å². The van der Waals surface area contributed by atoms with Crippen molar-refractivity contribution < 1.29 is 14.5 Å². The molecule has 0 unspecified atom stereocenters. The van der Waals surface area contributed by atoms with Gasteiger partial charge in [-0.3, -0.25) is 19.8 Å². The first-order valence-electron chi connectivity index (χ1n) is 10.6. The van der Waals surface area contributed by atoms with Gasteiger partial charge >= 0.3 is 0 Å². The van der Waals surface area contributed by atoms with Gasteiger partial charge in [0.1, 0.15) is 5.69 Å². The molecule has 1 amide bonds. The highest BCUT2D eigenvalue weighted by Crippen LogP contribution is 2.23. The lowest BCUT2D eigenvalue weighted by atomic mass is 10.1. The van der Waals surface area contributed by atoms with Crippen LogP contribution in [0.4, 0.5) is 5.69 Å². The maximum absolute atomic E-state index is 13.0. The number of non-ortho nitro benzene ring substituents is 1. The second kappa shape index (κ2) is 10.2. The Labute approximate surface area is 185 Å². The normalized spacial score (nSPS) is 14.2. The Balaban J connectivity index is 1.51. The van der Waals surface area contributed by atoms with Gasteiger partial charge in [-0.05, 0) is 31.2 Å². The van der Waals surface area contributed by atoms with Gasteiger partial charge < -0.3 is 10.1 Å². The molecule has 1 saturated heterocycles. The molecule has 0 radical (unpaired) electrons. The molecule has 1 N–H and O–H groups in total. The van der Waals surface area contributed by atoms with Gasteiger partial charge in [0.2, 0.25) is 0 Å². The van der Waals surface area contributed by atoms with Gasteiger partial charge in [0.15, 0.2) is 0 Å². The number of morpholine rings is 1. The molecule has 1 aliphatic rings. The van der Waals surface area contributed by atoms with Crippen molar-refractivity contribution in [2.24, 2.45) is 0 Å². The number of hydrogen-bond acceptors (Lipinski definition) is 6. The summed E-state index contributed by atoms with van der Waals surface area (Å²) in [5, 5.41) is 18.6. The number of aromatic nitrogens is 2. The number of hydrogen-bond donors (Lipinski definition) is 1. The SMILES string of the molecule is O=C(NCCCN1CCOCC1)c1cc(-c2ccccc2)nn1-c1ccc([N+](=O)[O-])cc1. The molecule has 1 fully saturated rings. The van der Waals surface area contributed by atoms with Crippen LogP contribution < -0.4 is 5.32 Å². The minimum Gasteiger partial charge on any atom is -0.379 e. The minimum atomic E-state index is -0.454. The number of carbonyl (C=O) groups is 1. The topological polar surface area (TPSA) is 103 Å². The van der Waals surface area contributed by atoms with E-state index in [1.165, 1.54) is 16.8 Å². The molecule has 1 aliphatic heterocycles. The third kappa shape index (κ3) is 5.19. The zero-order valence-corrected chi connectivity index (χ0v) is 17.6. The summed E-state index contributed by atoms with van der Waals surface area (Å²) in [5.74, 6) is -0.236. The molecule has 1 aromatic heterocycles. The van der Waals surface area contributed by atoms with Crippen LogP contribution in [0.1, 0.15) is 16.9 Å². The van der Waals surface area contributed by atoms with E-state index in [-0.39, 0.29) is 11.6 Å². The zero-order chi connectivity index (χ0) is 22.3. The standard InChI is InChI=1S/C23H25N5O4/c29-23(24-11-4-12-26-13-15-32-16-14-26)22-17-21(18-5-2-1-3-6-18)25-27(22)19-7-9-20(10-8-19)28(30)31/h1-3,5-10,17H,4,11-16H2,(H,24,29). The highest BCUT2D eigenvalue weighted by atomic mass is 16.6. The molecule has 0 saturated carbocycles. The molecule has 9 nitrogen and oxygen atoms in total. The van der Waals surface area contributed by atoms with E-state index < -0.39 is 4.92 Å². The molecule has 0 aliphatic carbocycles. The third-order valence-corrected chi connectivity index (χ3v) is 5.36. The number of carbonyl (C=O) groups excluding carboxylic acids is 1. The maximum Gasteiger partial charge on any atom is 0.270 e. The number of benzene rings is 2. The Bertz CT molecular complexity index is 1060. The summed E-state index contributed by atoms with van der Waals surface area (Å²) in [7, 11) is 0. The van der Waals surface area contributed by atoms with Crippen LogP contribution in [0.2, 0.25) is 0 Å². The first-order valence-corrected chi connectivity index (χ1v) is 10.6. The number of nitrogens with zero attached hydrogens (tertiary/aromatic N) is 4. The lowest BCUT2D eigenvalue weighted by Gasteiger charge is -2.26. The lowest BCUT2D eigenvalue weighted by molar-refractivity contribution is -0.384. The van der Waals surface area contributed by atoms with Crippen molar-refractivity contribution in [2.75, 3.05) is 39.4 Å². The number of ether oxygens (including phenoxy) is 1. The zero-order valence-electron chi connectivity index (χ0n) is 17.6. The second-order valence-corrected chi connectivity index (χ2v) is 7.53. The van der Waals surface area contributed by atoms with Gasteiger partial charge in [-0.2, -0.15) is 5.10 Å². The molecular weight excluding hydrogens is 410 g/mol. The number of amides is 1. The third-order valence-electron chi connectivity index (χ3n) is 5.36. The van der Waals surface area contributed by atoms with E-state index in [0.717, 1.165) is 44.8 Å². The summed E-state index contributed by atoms with van der Waals surface area (Å²) >= 11 is 0. The van der Waals surface area contributed by atoms with E-state index in [1.807, 2.05) is 30.3 Å². The molecule has 2 aromatic carbocycles. The predicted molar refractivity (Wildman–Crippen MR) is 120 cm³/mol. The van der Waals surface area contributed by atoms with Gasteiger partial charge in [-0.25, -0.2) is 4.68 Å². The van der Waals surface area contributed by atoms with E-state index in [2.05, 4.69) is 15.3 Å². The highest BCUT2D eigenvalue weighted by Gasteiger charge is 2.18.